The zero-order valence-corrected chi connectivity index (χ0v) is 14.1. The van der Waals surface area contributed by atoms with Gasteiger partial charge in [-0.25, -0.2) is 0 Å². The van der Waals surface area contributed by atoms with Gasteiger partial charge in [-0.3, -0.25) is 9.48 Å². The van der Waals surface area contributed by atoms with Gasteiger partial charge in [0.15, 0.2) is 0 Å². The summed E-state index contributed by atoms with van der Waals surface area (Å²) in [5, 5.41) is 6.74. The van der Waals surface area contributed by atoms with Crippen LogP contribution in [0.3, 0.4) is 0 Å². The van der Waals surface area contributed by atoms with Gasteiger partial charge >= 0.3 is 6.18 Å². The quantitative estimate of drug-likeness (QED) is 0.908. The molecular weight excluding hydrogens is 321 g/mol. The maximum atomic E-state index is 12.6. The van der Waals surface area contributed by atoms with E-state index in [0.717, 1.165) is 10.2 Å². The molecule has 0 bridgehead atoms. The Hall–Kier alpha value is -2.25. The van der Waals surface area contributed by atoms with Crippen LogP contribution in [0.2, 0.25) is 0 Å². The first kappa shape index (κ1) is 18.1. The topological polar surface area (TPSA) is 51.9 Å². The number of halogens is 3. The van der Waals surface area contributed by atoms with E-state index in [0.29, 0.717) is 23.5 Å². The molecule has 2 aromatic heterocycles. The van der Waals surface area contributed by atoms with Crippen molar-refractivity contribution in [1.82, 2.24) is 19.7 Å². The van der Waals surface area contributed by atoms with E-state index in [1.807, 2.05) is 30.1 Å². The van der Waals surface area contributed by atoms with Crippen molar-refractivity contribution >= 4 is 5.91 Å². The first-order chi connectivity index (χ1) is 11.1. The van der Waals surface area contributed by atoms with Crippen molar-refractivity contribution in [2.45, 2.75) is 46.0 Å². The monoisotopic (exact) mass is 342 g/mol. The van der Waals surface area contributed by atoms with Crippen molar-refractivity contribution < 1.29 is 18.0 Å². The molecule has 2 aromatic rings. The molecular formula is C16H21F3N4O. The Morgan fingerprint density at radius 1 is 1.38 bits per heavy atom. The molecule has 0 spiro atoms. The molecule has 0 saturated heterocycles. The lowest BCUT2D eigenvalue weighted by atomic mass is 9.98. The van der Waals surface area contributed by atoms with E-state index < -0.39 is 18.6 Å². The summed E-state index contributed by atoms with van der Waals surface area (Å²) in [4.78, 5) is 12.3. The van der Waals surface area contributed by atoms with Crippen LogP contribution in [0.5, 0.6) is 0 Å². The second-order valence-electron chi connectivity index (χ2n) is 5.98. The number of rotatable bonds is 5. The standard InChI is InChI=1S/C16H21F3N4O/c1-10(15(24)20-7-13-5-6-22(4)8-13)14-11(2)21-23(12(14)3)9-16(17,18)19/h5-6,8,10H,7,9H2,1-4H3,(H,20,24)/t10-/m1/s1. The van der Waals surface area contributed by atoms with Crippen molar-refractivity contribution in [2.75, 3.05) is 0 Å². The zero-order valence-electron chi connectivity index (χ0n) is 14.1. The predicted molar refractivity (Wildman–Crippen MR) is 83.4 cm³/mol. The molecule has 2 heterocycles. The second kappa shape index (κ2) is 6.70. The minimum atomic E-state index is -4.35. The highest BCUT2D eigenvalue weighted by atomic mass is 19.4. The molecule has 0 aliphatic rings. The second-order valence-corrected chi connectivity index (χ2v) is 5.98. The van der Waals surface area contributed by atoms with Crippen LogP contribution in [-0.4, -0.2) is 26.4 Å². The average Bonchev–Trinajstić information content (AvgIpc) is 2.98. The highest BCUT2D eigenvalue weighted by molar-refractivity contribution is 5.83. The number of carbonyl (C=O) groups excluding carboxylic acids is 1. The SMILES string of the molecule is Cc1nn(CC(F)(F)F)c(C)c1[C@@H](C)C(=O)NCc1ccn(C)c1. The minimum Gasteiger partial charge on any atom is -0.357 e. The Bertz CT molecular complexity index is 730. The lowest BCUT2D eigenvalue weighted by molar-refractivity contribution is -0.143. The number of hydrogen-bond donors (Lipinski definition) is 1. The lowest BCUT2D eigenvalue weighted by Crippen LogP contribution is -2.28. The van der Waals surface area contributed by atoms with E-state index in [-0.39, 0.29) is 5.91 Å². The molecule has 0 aromatic carbocycles. The van der Waals surface area contributed by atoms with Gasteiger partial charge < -0.3 is 9.88 Å². The third-order valence-corrected chi connectivity index (χ3v) is 3.95. The number of alkyl halides is 3. The highest BCUT2D eigenvalue weighted by Crippen LogP contribution is 2.26. The smallest absolute Gasteiger partial charge is 0.357 e. The molecule has 0 fully saturated rings. The summed E-state index contributed by atoms with van der Waals surface area (Å²) in [5.74, 6) is -0.813. The molecule has 24 heavy (non-hydrogen) atoms. The first-order valence-electron chi connectivity index (χ1n) is 7.57. The maximum absolute atomic E-state index is 12.6. The maximum Gasteiger partial charge on any atom is 0.408 e. The van der Waals surface area contributed by atoms with Gasteiger partial charge in [0.05, 0.1) is 11.6 Å². The number of aromatic nitrogens is 3. The third-order valence-electron chi connectivity index (χ3n) is 3.95. The molecule has 5 nitrogen and oxygen atoms in total. The van der Waals surface area contributed by atoms with Crippen LogP contribution in [0, 0.1) is 13.8 Å². The molecule has 0 radical (unpaired) electrons. The Labute approximate surface area is 138 Å². The van der Waals surface area contributed by atoms with Gasteiger partial charge in [-0.15, -0.1) is 0 Å². The molecule has 0 saturated carbocycles. The molecule has 1 N–H and O–H groups in total. The molecule has 8 heteroatoms. The molecule has 0 aliphatic carbocycles. The molecule has 2 rings (SSSR count). The molecule has 1 atom stereocenters. The van der Waals surface area contributed by atoms with Crippen molar-refractivity contribution in [3.8, 4) is 0 Å². The normalized spacial score (nSPS) is 13.1. The number of nitrogens with zero attached hydrogens (tertiary/aromatic N) is 3. The van der Waals surface area contributed by atoms with E-state index in [1.165, 1.54) is 0 Å². The Morgan fingerprint density at radius 3 is 2.58 bits per heavy atom. The summed E-state index contributed by atoms with van der Waals surface area (Å²) in [6, 6.07) is 1.89. The molecule has 132 valence electrons. The van der Waals surface area contributed by atoms with Gasteiger partial charge in [-0.2, -0.15) is 18.3 Å². The fourth-order valence-corrected chi connectivity index (χ4v) is 2.80. The zero-order chi connectivity index (χ0) is 18.1. The van der Waals surface area contributed by atoms with Crippen LogP contribution < -0.4 is 5.32 Å². The number of amides is 1. The van der Waals surface area contributed by atoms with Crippen LogP contribution in [-0.2, 0) is 24.9 Å². The van der Waals surface area contributed by atoms with Crippen molar-refractivity contribution in [2.24, 2.45) is 7.05 Å². The predicted octanol–water partition coefficient (Wildman–Crippen LogP) is 2.82. The summed E-state index contributed by atoms with van der Waals surface area (Å²) < 4.78 is 40.6. The van der Waals surface area contributed by atoms with Crippen molar-refractivity contribution in [3.05, 3.63) is 41.0 Å². The lowest BCUT2D eigenvalue weighted by Gasteiger charge is -2.13. The number of nitrogens with one attached hydrogen (secondary N) is 1. The van der Waals surface area contributed by atoms with Crippen LogP contribution >= 0.6 is 0 Å². The molecule has 0 aliphatic heterocycles. The Balaban J connectivity index is 2.10. The third kappa shape index (κ3) is 4.18. The summed E-state index contributed by atoms with van der Waals surface area (Å²) in [7, 11) is 1.88. The molecule has 0 unspecified atom stereocenters. The van der Waals surface area contributed by atoms with Gasteiger partial charge in [-0.05, 0) is 32.4 Å². The Morgan fingerprint density at radius 2 is 2.04 bits per heavy atom. The van der Waals surface area contributed by atoms with Crippen LogP contribution in [0.15, 0.2) is 18.5 Å². The van der Waals surface area contributed by atoms with Gasteiger partial charge in [0.2, 0.25) is 5.91 Å². The summed E-state index contributed by atoms with van der Waals surface area (Å²) >= 11 is 0. The van der Waals surface area contributed by atoms with Crippen LogP contribution in [0.1, 0.15) is 35.4 Å². The van der Waals surface area contributed by atoms with Gasteiger partial charge in [0.25, 0.3) is 0 Å². The van der Waals surface area contributed by atoms with Crippen molar-refractivity contribution in [3.63, 3.8) is 0 Å². The summed E-state index contributed by atoms with van der Waals surface area (Å²) in [6.07, 6.45) is -0.581. The average molecular weight is 342 g/mol. The summed E-state index contributed by atoms with van der Waals surface area (Å²) in [5.41, 5.74) is 2.32. The van der Waals surface area contributed by atoms with E-state index in [1.54, 1.807) is 20.8 Å². The molecule has 1 amide bonds. The van der Waals surface area contributed by atoms with Crippen LogP contribution in [0.25, 0.3) is 0 Å². The largest absolute Gasteiger partial charge is 0.408 e. The number of hydrogen-bond acceptors (Lipinski definition) is 2. The Kier molecular flexibility index (Phi) is 5.05. The van der Waals surface area contributed by atoms with E-state index in [4.69, 9.17) is 0 Å². The van der Waals surface area contributed by atoms with Gasteiger partial charge in [0, 0.05) is 37.2 Å². The van der Waals surface area contributed by atoms with E-state index in [9.17, 15) is 18.0 Å². The highest BCUT2D eigenvalue weighted by Gasteiger charge is 2.31. The van der Waals surface area contributed by atoms with E-state index >= 15 is 0 Å². The fourth-order valence-electron chi connectivity index (χ4n) is 2.80. The van der Waals surface area contributed by atoms with Gasteiger partial charge in [-0.1, -0.05) is 0 Å². The number of carbonyl (C=O) groups is 1. The van der Waals surface area contributed by atoms with Gasteiger partial charge in [0.1, 0.15) is 6.54 Å². The van der Waals surface area contributed by atoms with Crippen molar-refractivity contribution in [1.29, 1.82) is 0 Å². The van der Waals surface area contributed by atoms with E-state index in [2.05, 4.69) is 10.4 Å². The summed E-state index contributed by atoms with van der Waals surface area (Å²) in [6.45, 7) is 4.07. The first-order valence-corrected chi connectivity index (χ1v) is 7.57. The fraction of sp³-hybridized carbons (Fsp3) is 0.500. The van der Waals surface area contributed by atoms with Crippen LogP contribution in [0.4, 0.5) is 13.2 Å². The number of aryl methyl sites for hydroxylation is 2. The minimum absolute atomic E-state index is 0.239.